The van der Waals surface area contributed by atoms with Crippen molar-refractivity contribution in [1.29, 1.82) is 0 Å². The summed E-state index contributed by atoms with van der Waals surface area (Å²) < 4.78 is 8.00. The average molecular weight is 316 g/mol. The van der Waals surface area contributed by atoms with E-state index in [-0.39, 0.29) is 29.7 Å². The second-order valence-electron chi connectivity index (χ2n) is 7.11. The first-order chi connectivity index (χ1) is 10.8. The van der Waals surface area contributed by atoms with Crippen LogP contribution in [0.5, 0.6) is 0 Å². The first kappa shape index (κ1) is 15.8. The fourth-order valence-corrected chi connectivity index (χ4v) is 3.05. The molecule has 2 heterocycles. The van der Waals surface area contributed by atoms with Gasteiger partial charge in [-0.2, -0.15) is 5.10 Å². The Morgan fingerprint density at radius 2 is 2.22 bits per heavy atom. The minimum atomic E-state index is -0.220. The number of H-pyrrole nitrogens is 1. The molecule has 3 atom stereocenters. The minimum absolute atomic E-state index is 0.0176. The first-order valence-electron chi connectivity index (χ1n) is 7.96. The molecule has 0 radical (unpaired) electrons. The van der Waals surface area contributed by atoms with Crippen molar-refractivity contribution in [3.8, 4) is 0 Å². The minimum Gasteiger partial charge on any atom is -0.370 e. The molecule has 6 nitrogen and oxygen atoms in total. The average Bonchev–Trinajstić information content (AvgIpc) is 3.07. The van der Waals surface area contributed by atoms with Gasteiger partial charge < -0.3 is 15.0 Å². The van der Waals surface area contributed by atoms with Crippen molar-refractivity contribution in [2.24, 2.45) is 0 Å². The molecule has 0 aliphatic heterocycles. The Morgan fingerprint density at radius 1 is 1.43 bits per heavy atom. The highest BCUT2D eigenvalue weighted by molar-refractivity contribution is 5.95. The summed E-state index contributed by atoms with van der Waals surface area (Å²) in [5, 5.41) is 7.45. The lowest BCUT2D eigenvalue weighted by Gasteiger charge is -2.46. The zero-order valence-electron chi connectivity index (χ0n) is 14.0. The molecule has 2 aromatic rings. The van der Waals surface area contributed by atoms with Gasteiger partial charge in [0.1, 0.15) is 0 Å². The number of nitrogens with one attached hydrogen (secondary N) is 2. The number of carbonyl (C=O) groups is 1. The number of amides is 1. The Labute approximate surface area is 136 Å². The van der Waals surface area contributed by atoms with E-state index in [1.165, 1.54) is 0 Å². The highest BCUT2D eigenvalue weighted by Gasteiger charge is 2.46. The molecule has 1 aliphatic rings. The SMILES string of the molecule is Cc1c[nH]cc1C(=O)NC1CC(OC(C)(C)C)C1n1cccn1. The van der Waals surface area contributed by atoms with Gasteiger partial charge in [-0.05, 0) is 45.7 Å². The molecule has 1 amide bonds. The first-order valence-corrected chi connectivity index (χ1v) is 7.96. The molecule has 3 rings (SSSR count). The Kier molecular flexibility index (Phi) is 4.02. The van der Waals surface area contributed by atoms with E-state index in [1.807, 2.05) is 50.8 Å². The second kappa shape index (κ2) is 5.85. The van der Waals surface area contributed by atoms with Crippen LogP contribution in [-0.4, -0.2) is 38.4 Å². The second-order valence-corrected chi connectivity index (χ2v) is 7.11. The van der Waals surface area contributed by atoms with Crippen molar-refractivity contribution >= 4 is 5.91 Å². The molecule has 1 fully saturated rings. The summed E-state index contributed by atoms with van der Waals surface area (Å²) in [5.41, 5.74) is 1.41. The number of aromatic amines is 1. The molecule has 124 valence electrons. The Bertz CT molecular complexity index is 669. The maximum atomic E-state index is 12.4. The predicted octanol–water partition coefficient (Wildman–Crippen LogP) is 2.45. The Balaban J connectivity index is 1.72. The molecule has 0 spiro atoms. The van der Waals surface area contributed by atoms with Crippen molar-refractivity contribution in [1.82, 2.24) is 20.1 Å². The van der Waals surface area contributed by atoms with Crippen LogP contribution in [0.4, 0.5) is 0 Å². The molecule has 6 heteroatoms. The van der Waals surface area contributed by atoms with Crippen LogP contribution in [0.3, 0.4) is 0 Å². The van der Waals surface area contributed by atoms with Gasteiger partial charge in [0.25, 0.3) is 5.91 Å². The van der Waals surface area contributed by atoms with Crippen LogP contribution in [0.15, 0.2) is 30.9 Å². The van der Waals surface area contributed by atoms with E-state index in [9.17, 15) is 4.79 Å². The van der Waals surface area contributed by atoms with Gasteiger partial charge in [-0.25, -0.2) is 0 Å². The summed E-state index contributed by atoms with van der Waals surface area (Å²) in [6.07, 6.45) is 8.07. The van der Waals surface area contributed by atoms with Crippen LogP contribution in [0.2, 0.25) is 0 Å². The lowest BCUT2D eigenvalue weighted by atomic mass is 9.82. The van der Waals surface area contributed by atoms with Crippen molar-refractivity contribution in [2.45, 2.75) is 57.9 Å². The molecule has 2 aromatic heterocycles. The smallest absolute Gasteiger partial charge is 0.253 e. The van der Waals surface area contributed by atoms with E-state index in [2.05, 4.69) is 15.4 Å². The highest BCUT2D eigenvalue weighted by atomic mass is 16.5. The standard InChI is InChI=1S/C17H24N4O2/c1-11-9-18-10-12(11)16(22)20-13-8-14(23-17(2,3)4)15(13)21-7-5-6-19-21/h5-7,9-10,13-15,18H,8H2,1-4H3,(H,20,22). The van der Waals surface area contributed by atoms with E-state index >= 15 is 0 Å². The van der Waals surface area contributed by atoms with Crippen LogP contribution < -0.4 is 5.32 Å². The predicted molar refractivity (Wildman–Crippen MR) is 87.3 cm³/mol. The van der Waals surface area contributed by atoms with Gasteiger partial charge in [0, 0.05) is 24.8 Å². The zero-order chi connectivity index (χ0) is 16.6. The van der Waals surface area contributed by atoms with E-state index in [0.717, 1.165) is 12.0 Å². The largest absolute Gasteiger partial charge is 0.370 e. The van der Waals surface area contributed by atoms with E-state index in [0.29, 0.717) is 5.56 Å². The van der Waals surface area contributed by atoms with Crippen LogP contribution in [0.25, 0.3) is 0 Å². The van der Waals surface area contributed by atoms with E-state index in [1.54, 1.807) is 12.4 Å². The van der Waals surface area contributed by atoms with Gasteiger partial charge in [-0.3, -0.25) is 9.48 Å². The molecule has 23 heavy (non-hydrogen) atoms. The van der Waals surface area contributed by atoms with Crippen LogP contribution in [-0.2, 0) is 4.74 Å². The zero-order valence-corrected chi connectivity index (χ0v) is 14.0. The normalized spacial score (nSPS) is 24.3. The van der Waals surface area contributed by atoms with Gasteiger partial charge in [0.05, 0.1) is 29.4 Å². The molecule has 0 saturated heterocycles. The van der Waals surface area contributed by atoms with Crippen molar-refractivity contribution in [2.75, 3.05) is 0 Å². The number of hydrogen-bond donors (Lipinski definition) is 2. The summed E-state index contributed by atoms with van der Waals surface area (Å²) in [4.78, 5) is 15.4. The third-order valence-electron chi connectivity index (χ3n) is 4.13. The van der Waals surface area contributed by atoms with Gasteiger partial charge in [-0.15, -0.1) is 0 Å². The summed E-state index contributed by atoms with van der Waals surface area (Å²) in [6.45, 7) is 8.05. The van der Waals surface area contributed by atoms with E-state index < -0.39 is 0 Å². The number of aryl methyl sites for hydroxylation is 1. The molecular weight excluding hydrogens is 292 g/mol. The molecule has 2 N–H and O–H groups in total. The molecular formula is C17H24N4O2. The number of ether oxygens (including phenoxy) is 1. The fraction of sp³-hybridized carbons (Fsp3) is 0.529. The fourth-order valence-electron chi connectivity index (χ4n) is 3.05. The Hall–Kier alpha value is -2.08. The topological polar surface area (TPSA) is 71.9 Å². The monoisotopic (exact) mass is 316 g/mol. The van der Waals surface area contributed by atoms with Gasteiger partial charge in [-0.1, -0.05) is 0 Å². The maximum absolute atomic E-state index is 12.4. The van der Waals surface area contributed by atoms with Crippen LogP contribution in [0.1, 0.15) is 49.2 Å². The number of hydrogen-bond acceptors (Lipinski definition) is 3. The highest BCUT2D eigenvalue weighted by Crippen LogP contribution is 2.37. The summed E-state index contributed by atoms with van der Waals surface area (Å²) >= 11 is 0. The summed E-state index contributed by atoms with van der Waals surface area (Å²) in [6, 6.07) is 1.93. The number of carbonyl (C=O) groups excluding carboxylic acids is 1. The lowest BCUT2D eigenvalue weighted by molar-refractivity contribution is -0.132. The maximum Gasteiger partial charge on any atom is 0.253 e. The molecule has 3 unspecified atom stereocenters. The van der Waals surface area contributed by atoms with Crippen LogP contribution in [0, 0.1) is 6.92 Å². The summed E-state index contributed by atoms with van der Waals surface area (Å²) in [5.74, 6) is -0.0554. The quantitative estimate of drug-likeness (QED) is 0.910. The lowest BCUT2D eigenvalue weighted by Crippen LogP contribution is -2.58. The van der Waals surface area contributed by atoms with Crippen molar-refractivity contribution in [3.63, 3.8) is 0 Å². The molecule has 1 aliphatic carbocycles. The number of nitrogens with zero attached hydrogens (tertiary/aromatic N) is 2. The van der Waals surface area contributed by atoms with Gasteiger partial charge in [0.15, 0.2) is 0 Å². The third kappa shape index (κ3) is 3.32. The van der Waals surface area contributed by atoms with Gasteiger partial charge >= 0.3 is 0 Å². The van der Waals surface area contributed by atoms with E-state index in [4.69, 9.17) is 4.74 Å². The molecule has 1 saturated carbocycles. The number of rotatable bonds is 4. The molecule has 0 aromatic carbocycles. The number of aromatic nitrogens is 3. The Morgan fingerprint density at radius 3 is 2.78 bits per heavy atom. The van der Waals surface area contributed by atoms with Crippen LogP contribution >= 0.6 is 0 Å². The van der Waals surface area contributed by atoms with Crippen molar-refractivity contribution in [3.05, 3.63) is 42.0 Å². The third-order valence-corrected chi connectivity index (χ3v) is 4.13. The van der Waals surface area contributed by atoms with Crippen molar-refractivity contribution < 1.29 is 9.53 Å². The summed E-state index contributed by atoms with van der Waals surface area (Å²) in [7, 11) is 0. The van der Waals surface area contributed by atoms with Gasteiger partial charge in [0.2, 0.25) is 0 Å². The molecule has 0 bridgehead atoms.